The number of nitrogens with one attached hydrogen (secondary N) is 2. The Morgan fingerprint density at radius 1 is 0.800 bits per heavy atom. The second-order valence-electron chi connectivity index (χ2n) is 7.18. The molecule has 0 aliphatic rings. The van der Waals surface area contributed by atoms with E-state index in [1.165, 1.54) is 0 Å². The van der Waals surface area contributed by atoms with Crippen LogP contribution in [0.2, 0.25) is 0 Å². The Labute approximate surface area is 174 Å². The lowest BCUT2D eigenvalue weighted by molar-refractivity contribution is 0.0935. The van der Waals surface area contributed by atoms with Crippen molar-refractivity contribution in [3.63, 3.8) is 0 Å². The summed E-state index contributed by atoms with van der Waals surface area (Å²) in [6.45, 7) is 3.89. The maximum absolute atomic E-state index is 12.7. The van der Waals surface area contributed by atoms with Crippen molar-refractivity contribution in [2.75, 3.05) is 5.32 Å². The molecule has 150 valence electrons. The molecule has 0 spiro atoms. The van der Waals surface area contributed by atoms with Gasteiger partial charge in [0, 0.05) is 27.8 Å². The second kappa shape index (κ2) is 8.25. The van der Waals surface area contributed by atoms with E-state index in [-0.39, 0.29) is 17.9 Å². The molecule has 1 heterocycles. The molecule has 4 aromatic rings. The number of furan rings is 1. The van der Waals surface area contributed by atoms with Crippen molar-refractivity contribution < 1.29 is 14.0 Å². The largest absolute Gasteiger partial charge is 0.459 e. The highest BCUT2D eigenvalue weighted by Gasteiger charge is 2.19. The molecular formula is C25H22N2O3. The first kappa shape index (κ1) is 19.5. The minimum absolute atomic E-state index is 0.193. The van der Waals surface area contributed by atoms with Gasteiger partial charge in [0.15, 0.2) is 0 Å². The quantitative estimate of drug-likeness (QED) is 0.467. The van der Waals surface area contributed by atoms with Gasteiger partial charge < -0.3 is 15.1 Å². The molecule has 1 unspecified atom stereocenters. The van der Waals surface area contributed by atoms with Gasteiger partial charge in [-0.25, -0.2) is 0 Å². The van der Waals surface area contributed by atoms with E-state index in [9.17, 15) is 9.59 Å². The molecule has 0 aliphatic heterocycles. The number of amides is 2. The third-order valence-corrected chi connectivity index (χ3v) is 5.06. The molecule has 4 rings (SSSR count). The average molecular weight is 398 g/mol. The van der Waals surface area contributed by atoms with Crippen molar-refractivity contribution in [3.05, 3.63) is 101 Å². The Balaban J connectivity index is 1.43. The zero-order chi connectivity index (χ0) is 21.1. The molecule has 5 nitrogen and oxygen atoms in total. The van der Waals surface area contributed by atoms with Gasteiger partial charge >= 0.3 is 0 Å². The summed E-state index contributed by atoms with van der Waals surface area (Å²) in [6, 6.07) is 23.3. The summed E-state index contributed by atoms with van der Waals surface area (Å²) >= 11 is 0. The van der Waals surface area contributed by atoms with Gasteiger partial charge in [0.25, 0.3) is 11.8 Å². The number of hydrogen-bond acceptors (Lipinski definition) is 3. The summed E-state index contributed by atoms with van der Waals surface area (Å²) in [5, 5.41) is 6.86. The number of benzene rings is 3. The zero-order valence-corrected chi connectivity index (χ0v) is 16.8. The van der Waals surface area contributed by atoms with Gasteiger partial charge in [-0.1, -0.05) is 36.4 Å². The number of carbonyl (C=O) groups excluding carboxylic acids is 2. The number of para-hydroxylation sites is 1. The minimum atomic E-state index is -0.276. The van der Waals surface area contributed by atoms with Crippen LogP contribution in [0.3, 0.4) is 0 Å². The van der Waals surface area contributed by atoms with Crippen LogP contribution in [0.25, 0.3) is 11.0 Å². The summed E-state index contributed by atoms with van der Waals surface area (Å²) in [7, 11) is 0. The number of rotatable bonds is 5. The molecule has 3 aromatic carbocycles. The zero-order valence-electron chi connectivity index (χ0n) is 16.8. The van der Waals surface area contributed by atoms with Gasteiger partial charge in [0.1, 0.15) is 11.3 Å². The Morgan fingerprint density at radius 3 is 2.13 bits per heavy atom. The van der Waals surface area contributed by atoms with Crippen molar-refractivity contribution in [3.8, 4) is 0 Å². The molecule has 1 atom stereocenters. The summed E-state index contributed by atoms with van der Waals surface area (Å²) in [5.41, 5.74) is 3.55. The fourth-order valence-electron chi connectivity index (χ4n) is 3.45. The fraction of sp³-hybridized carbons (Fsp3) is 0.120. The first-order valence-corrected chi connectivity index (χ1v) is 9.78. The summed E-state index contributed by atoms with van der Waals surface area (Å²) in [5.74, 6) is 0.348. The van der Waals surface area contributed by atoms with Crippen LogP contribution in [0, 0.1) is 6.92 Å². The Bertz CT molecular complexity index is 1190. The highest BCUT2D eigenvalue weighted by molar-refractivity contribution is 6.04. The molecule has 2 N–H and O–H groups in total. The Kier molecular flexibility index (Phi) is 5.35. The summed E-state index contributed by atoms with van der Waals surface area (Å²) in [6.07, 6.45) is 0. The third kappa shape index (κ3) is 3.96. The summed E-state index contributed by atoms with van der Waals surface area (Å²) in [4.78, 5) is 24.9. The van der Waals surface area contributed by atoms with E-state index in [4.69, 9.17) is 4.42 Å². The van der Waals surface area contributed by atoms with Crippen molar-refractivity contribution in [2.24, 2.45) is 0 Å². The smallest absolute Gasteiger partial charge is 0.255 e. The van der Waals surface area contributed by atoms with E-state index in [1.54, 1.807) is 36.4 Å². The van der Waals surface area contributed by atoms with E-state index in [0.29, 0.717) is 16.8 Å². The highest BCUT2D eigenvalue weighted by atomic mass is 16.3. The van der Waals surface area contributed by atoms with Gasteiger partial charge in [-0.15, -0.1) is 0 Å². The van der Waals surface area contributed by atoms with Crippen molar-refractivity contribution in [2.45, 2.75) is 19.9 Å². The Hall–Kier alpha value is -3.86. The predicted octanol–water partition coefficient (Wildman–Crippen LogP) is 5.48. The van der Waals surface area contributed by atoms with Crippen molar-refractivity contribution in [1.29, 1.82) is 0 Å². The topological polar surface area (TPSA) is 71.3 Å². The van der Waals surface area contributed by atoms with E-state index in [2.05, 4.69) is 10.6 Å². The molecule has 0 aliphatic carbocycles. The molecular weight excluding hydrogens is 376 g/mol. The number of aryl methyl sites for hydroxylation is 1. The number of anilines is 1. The lowest BCUT2D eigenvalue weighted by Crippen LogP contribution is -2.26. The van der Waals surface area contributed by atoms with Crippen LogP contribution < -0.4 is 10.6 Å². The molecule has 0 saturated carbocycles. The number of fused-ring (bicyclic) bond motifs is 1. The maximum Gasteiger partial charge on any atom is 0.255 e. The van der Waals surface area contributed by atoms with Gasteiger partial charge in [0.2, 0.25) is 0 Å². The maximum atomic E-state index is 12.7. The number of hydrogen-bond donors (Lipinski definition) is 2. The predicted molar refractivity (Wildman–Crippen MR) is 118 cm³/mol. The van der Waals surface area contributed by atoms with Crippen LogP contribution in [0.5, 0.6) is 0 Å². The molecule has 2 amide bonds. The molecule has 1 aromatic heterocycles. The van der Waals surface area contributed by atoms with E-state index in [1.807, 2.05) is 56.3 Å². The van der Waals surface area contributed by atoms with Gasteiger partial charge in [-0.3, -0.25) is 9.59 Å². The van der Waals surface area contributed by atoms with Crippen LogP contribution in [-0.4, -0.2) is 11.8 Å². The van der Waals surface area contributed by atoms with E-state index >= 15 is 0 Å². The summed E-state index contributed by atoms with van der Waals surface area (Å²) < 4.78 is 5.94. The van der Waals surface area contributed by atoms with E-state index < -0.39 is 0 Å². The van der Waals surface area contributed by atoms with E-state index in [0.717, 1.165) is 22.3 Å². The lowest BCUT2D eigenvalue weighted by Gasteiger charge is -2.13. The van der Waals surface area contributed by atoms with Gasteiger partial charge in [-0.05, 0) is 56.3 Å². The van der Waals surface area contributed by atoms with Crippen molar-refractivity contribution in [1.82, 2.24) is 5.32 Å². The minimum Gasteiger partial charge on any atom is -0.459 e. The normalized spacial score (nSPS) is 11.8. The molecule has 0 bridgehead atoms. The standard InChI is InChI=1S/C25H22N2O3/c1-16-21-10-6-7-11-22(21)30-23(16)17(2)26-24(28)19-12-14-20(15-13-19)27-25(29)18-8-4-3-5-9-18/h3-15,17H,1-2H3,(H,26,28)(H,27,29). The average Bonchev–Trinajstić information content (AvgIpc) is 3.11. The molecule has 0 saturated heterocycles. The highest BCUT2D eigenvalue weighted by Crippen LogP contribution is 2.29. The van der Waals surface area contributed by atoms with Crippen LogP contribution >= 0.6 is 0 Å². The first-order valence-electron chi connectivity index (χ1n) is 9.78. The fourth-order valence-corrected chi connectivity index (χ4v) is 3.45. The Morgan fingerprint density at radius 2 is 1.43 bits per heavy atom. The third-order valence-electron chi connectivity index (χ3n) is 5.06. The van der Waals surface area contributed by atoms with Gasteiger partial charge in [0.05, 0.1) is 6.04 Å². The lowest BCUT2D eigenvalue weighted by atomic mass is 10.1. The number of carbonyl (C=O) groups is 2. The monoisotopic (exact) mass is 398 g/mol. The molecule has 0 fully saturated rings. The SMILES string of the molecule is Cc1c(C(C)NC(=O)c2ccc(NC(=O)c3ccccc3)cc2)oc2ccccc12. The van der Waals surface area contributed by atoms with Crippen molar-refractivity contribution >= 4 is 28.5 Å². The molecule has 0 radical (unpaired) electrons. The van der Waals surface area contributed by atoms with Crippen LogP contribution in [-0.2, 0) is 0 Å². The van der Waals surface area contributed by atoms with Crippen LogP contribution in [0.1, 0.15) is 45.0 Å². The molecule has 30 heavy (non-hydrogen) atoms. The van der Waals surface area contributed by atoms with Crippen LogP contribution in [0.4, 0.5) is 5.69 Å². The first-order chi connectivity index (χ1) is 14.5. The van der Waals surface area contributed by atoms with Gasteiger partial charge in [-0.2, -0.15) is 0 Å². The molecule has 5 heteroatoms. The second-order valence-corrected chi connectivity index (χ2v) is 7.18. The van der Waals surface area contributed by atoms with Crippen LogP contribution in [0.15, 0.2) is 83.3 Å².